The van der Waals surface area contributed by atoms with Crippen molar-refractivity contribution in [2.45, 2.75) is 20.3 Å². The highest BCUT2D eigenvalue weighted by Crippen LogP contribution is 2.26. The zero-order chi connectivity index (χ0) is 9.97. The molecule has 0 N–H and O–H groups in total. The van der Waals surface area contributed by atoms with E-state index in [1.807, 2.05) is 0 Å². The second kappa shape index (κ2) is 3.83. The molecule has 72 valence electrons. The molecule has 0 spiro atoms. The van der Waals surface area contributed by atoms with Crippen molar-refractivity contribution in [1.82, 2.24) is 0 Å². The summed E-state index contributed by atoms with van der Waals surface area (Å²) in [7, 11) is 0. The van der Waals surface area contributed by atoms with E-state index >= 15 is 0 Å². The van der Waals surface area contributed by atoms with Crippen molar-refractivity contribution in [2.75, 3.05) is 0 Å². The SMILES string of the molecule is Cc1ccccc1C1=CC(C)CC=C1. The predicted molar refractivity (Wildman–Crippen MR) is 62.1 cm³/mol. The molecule has 1 aromatic carbocycles. The molecule has 0 bridgehead atoms. The van der Waals surface area contributed by atoms with Crippen molar-refractivity contribution in [3.63, 3.8) is 0 Å². The second-order valence-corrected chi connectivity index (χ2v) is 4.05. The van der Waals surface area contributed by atoms with Gasteiger partial charge in [0.15, 0.2) is 0 Å². The van der Waals surface area contributed by atoms with Gasteiger partial charge >= 0.3 is 0 Å². The molecule has 0 nitrogen and oxygen atoms in total. The Bertz CT molecular complexity index is 383. The van der Waals surface area contributed by atoms with Crippen LogP contribution in [0.25, 0.3) is 5.57 Å². The van der Waals surface area contributed by atoms with E-state index in [1.165, 1.54) is 23.1 Å². The lowest BCUT2D eigenvalue weighted by Gasteiger charge is -2.14. The van der Waals surface area contributed by atoms with E-state index in [-0.39, 0.29) is 0 Å². The first-order valence-electron chi connectivity index (χ1n) is 5.22. The summed E-state index contributed by atoms with van der Waals surface area (Å²) in [4.78, 5) is 0. The Balaban J connectivity index is 2.40. The van der Waals surface area contributed by atoms with E-state index in [9.17, 15) is 0 Å². The van der Waals surface area contributed by atoms with Gasteiger partial charge in [-0.2, -0.15) is 0 Å². The fourth-order valence-corrected chi connectivity index (χ4v) is 1.92. The maximum Gasteiger partial charge on any atom is -0.0158 e. The minimum Gasteiger partial charge on any atom is -0.0834 e. The molecule has 2 rings (SSSR count). The highest BCUT2D eigenvalue weighted by Gasteiger charge is 2.07. The molecule has 14 heavy (non-hydrogen) atoms. The van der Waals surface area contributed by atoms with Crippen molar-refractivity contribution in [2.24, 2.45) is 5.92 Å². The van der Waals surface area contributed by atoms with Crippen molar-refractivity contribution >= 4 is 5.57 Å². The van der Waals surface area contributed by atoms with Crippen LogP contribution in [0.15, 0.2) is 42.5 Å². The lowest BCUT2D eigenvalue weighted by atomic mass is 9.91. The van der Waals surface area contributed by atoms with Gasteiger partial charge in [0.25, 0.3) is 0 Å². The first kappa shape index (κ1) is 9.26. The van der Waals surface area contributed by atoms with Crippen LogP contribution >= 0.6 is 0 Å². The van der Waals surface area contributed by atoms with E-state index in [2.05, 4.69) is 56.3 Å². The van der Waals surface area contributed by atoms with Crippen molar-refractivity contribution < 1.29 is 0 Å². The average Bonchev–Trinajstić information content (AvgIpc) is 2.18. The Morgan fingerprint density at radius 1 is 1.21 bits per heavy atom. The van der Waals surface area contributed by atoms with Gasteiger partial charge in [0.1, 0.15) is 0 Å². The molecule has 0 saturated carbocycles. The summed E-state index contributed by atoms with van der Waals surface area (Å²) < 4.78 is 0. The summed E-state index contributed by atoms with van der Waals surface area (Å²) in [6, 6.07) is 8.57. The normalized spacial score (nSPS) is 20.7. The molecule has 0 radical (unpaired) electrons. The van der Waals surface area contributed by atoms with E-state index < -0.39 is 0 Å². The molecule has 0 fully saturated rings. The van der Waals surface area contributed by atoms with Gasteiger partial charge < -0.3 is 0 Å². The lowest BCUT2D eigenvalue weighted by molar-refractivity contribution is 0.740. The summed E-state index contributed by atoms with van der Waals surface area (Å²) in [6.45, 7) is 4.44. The van der Waals surface area contributed by atoms with E-state index in [4.69, 9.17) is 0 Å². The van der Waals surface area contributed by atoms with Gasteiger partial charge in [0.05, 0.1) is 0 Å². The Labute approximate surface area is 86.0 Å². The highest BCUT2D eigenvalue weighted by molar-refractivity contribution is 5.76. The van der Waals surface area contributed by atoms with Crippen molar-refractivity contribution in [3.05, 3.63) is 53.6 Å². The van der Waals surface area contributed by atoms with Crippen LogP contribution in [-0.2, 0) is 0 Å². The van der Waals surface area contributed by atoms with Crippen LogP contribution in [0, 0.1) is 12.8 Å². The molecule has 1 aliphatic rings. The first-order valence-corrected chi connectivity index (χ1v) is 5.22. The molecule has 0 heterocycles. The predicted octanol–water partition coefficient (Wildman–Crippen LogP) is 3.97. The first-order chi connectivity index (χ1) is 6.77. The number of hydrogen-bond acceptors (Lipinski definition) is 0. The summed E-state index contributed by atoms with van der Waals surface area (Å²) >= 11 is 0. The number of allylic oxidation sites excluding steroid dienone is 4. The lowest BCUT2D eigenvalue weighted by Crippen LogP contribution is -1.96. The molecule has 1 unspecified atom stereocenters. The minimum atomic E-state index is 0.676. The van der Waals surface area contributed by atoms with Crippen LogP contribution in [-0.4, -0.2) is 0 Å². The molecule has 1 atom stereocenters. The van der Waals surface area contributed by atoms with Crippen molar-refractivity contribution in [3.8, 4) is 0 Å². The smallest absolute Gasteiger partial charge is 0.0158 e. The molecular formula is C14H16. The minimum absolute atomic E-state index is 0.676. The zero-order valence-electron chi connectivity index (χ0n) is 8.83. The monoisotopic (exact) mass is 184 g/mol. The summed E-state index contributed by atoms with van der Waals surface area (Å²) in [5.41, 5.74) is 4.11. The Morgan fingerprint density at radius 3 is 2.71 bits per heavy atom. The molecule has 0 amide bonds. The highest BCUT2D eigenvalue weighted by atomic mass is 14.1. The third-order valence-corrected chi connectivity index (χ3v) is 2.73. The number of hydrogen-bond donors (Lipinski definition) is 0. The van der Waals surface area contributed by atoms with E-state index in [0.29, 0.717) is 5.92 Å². The van der Waals surface area contributed by atoms with E-state index in [0.717, 1.165) is 0 Å². The summed E-state index contributed by atoms with van der Waals surface area (Å²) in [5.74, 6) is 0.676. The topological polar surface area (TPSA) is 0 Å². The van der Waals surface area contributed by atoms with Gasteiger partial charge in [-0.05, 0) is 36.0 Å². The molecule has 0 heteroatoms. The quantitative estimate of drug-likeness (QED) is 0.619. The van der Waals surface area contributed by atoms with Crippen LogP contribution in [0.3, 0.4) is 0 Å². The van der Waals surface area contributed by atoms with Crippen LogP contribution in [0.4, 0.5) is 0 Å². The maximum atomic E-state index is 2.36. The van der Waals surface area contributed by atoms with Gasteiger partial charge in [0.2, 0.25) is 0 Å². The number of aryl methyl sites for hydroxylation is 1. The zero-order valence-corrected chi connectivity index (χ0v) is 8.83. The van der Waals surface area contributed by atoms with Crippen LogP contribution in [0.2, 0.25) is 0 Å². The average molecular weight is 184 g/mol. The number of benzene rings is 1. The third-order valence-electron chi connectivity index (χ3n) is 2.73. The largest absolute Gasteiger partial charge is 0.0834 e. The van der Waals surface area contributed by atoms with Gasteiger partial charge in [0, 0.05) is 0 Å². The standard InChI is InChI=1S/C14H16/c1-11-6-5-8-13(10-11)14-9-4-3-7-12(14)2/h3-5,7-11H,6H2,1-2H3. The summed E-state index contributed by atoms with van der Waals surface area (Å²) in [5, 5.41) is 0. The Hall–Kier alpha value is -1.30. The van der Waals surface area contributed by atoms with Crippen molar-refractivity contribution in [1.29, 1.82) is 0 Å². The molecule has 1 aliphatic carbocycles. The molecule has 0 aliphatic heterocycles. The molecule has 0 aromatic heterocycles. The van der Waals surface area contributed by atoms with Gasteiger partial charge in [-0.1, -0.05) is 49.4 Å². The molecule has 0 saturated heterocycles. The van der Waals surface area contributed by atoms with Crippen LogP contribution < -0.4 is 0 Å². The van der Waals surface area contributed by atoms with E-state index in [1.54, 1.807) is 0 Å². The Morgan fingerprint density at radius 2 is 2.00 bits per heavy atom. The van der Waals surface area contributed by atoms with Gasteiger partial charge in [-0.25, -0.2) is 0 Å². The second-order valence-electron chi connectivity index (χ2n) is 4.05. The van der Waals surface area contributed by atoms with Crippen LogP contribution in [0.1, 0.15) is 24.5 Å². The van der Waals surface area contributed by atoms with Gasteiger partial charge in [-0.3, -0.25) is 0 Å². The fourth-order valence-electron chi connectivity index (χ4n) is 1.92. The molecule has 1 aromatic rings. The fraction of sp³-hybridized carbons (Fsp3) is 0.286. The third kappa shape index (κ3) is 1.79. The summed E-state index contributed by atoms with van der Waals surface area (Å²) in [6.07, 6.45) is 8.05. The van der Waals surface area contributed by atoms with Gasteiger partial charge in [-0.15, -0.1) is 0 Å². The molecular weight excluding hydrogens is 168 g/mol. The Kier molecular flexibility index (Phi) is 2.53. The maximum absolute atomic E-state index is 2.36. The van der Waals surface area contributed by atoms with Crippen LogP contribution in [0.5, 0.6) is 0 Å². The number of rotatable bonds is 1.